The minimum Gasteiger partial charge on any atom is -0.480 e. The van der Waals surface area contributed by atoms with E-state index in [0.29, 0.717) is 0 Å². The Morgan fingerprint density at radius 1 is 1.60 bits per heavy atom. The van der Waals surface area contributed by atoms with Gasteiger partial charge in [0.05, 0.1) is 0 Å². The molecule has 0 heterocycles. The summed E-state index contributed by atoms with van der Waals surface area (Å²) in [4.78, 5) is 9.95. The van der Waals surface area contributed by atoms with E-state index in [-0.39, 0.29) is 16.9 Å². The van der Waals surface area contributed by atoms with Crippen LogP contribution in [0, 0.1) is 0 Å². The minimum absolute atomic E-state index is 0. The molecule has 0 spiro atoms. The molecule has 1 unspecified atom stereocenters. The third kappa shape index (κ3) is 6.16. The molecule has 0 aromatic rings. The Balaban J connectivity index is 0. The first-order valence-electron chi connectivity index (χ1n) is 2.05. The van der Waals surface area contributed by atoms with Gasteiger partial charge in [0.1, 0.15) is 10.5 Å². The van der Waals surface area contributed by atoms with Crippen LogP contribution >= 0.6 is 35.6 Å². The molecule has 0 aliphatic carbocycles. The van der Waals surface area contributed by atoms with Crippen LogP contribution in [0.15, 0.2) is 10.6 Å². The van der Waals surface area contributed by atoms with Crippen molar-refractivity contribution in [1.29, 1.82) is 0 Å². The van der Waals surface area contributed by atoms with Gasteiger partial charge in [0.2, 0.25) is 0 Å². The molecule has 0 bridgehead atoms. The number of nitrogens with two attached hydrogens (primary N) is 1. The summed E-state index contributed by atoms with van der Waals surface area (Å²) >= 11 is 10.2. The lowest BCUT2D eigenvalue weighted by atomic mass is 10.3. The first-order valence-corrected chi connectivity index (χ1v) is 2.81. The molecule has 6 heteroatoms. The number of hydrogen-bond donors (Lipinski definition) is 2. The van der Waals surface area contributed by atoms with Crippen molar-refractivity contribution < 1.29 is 9.90 Å². The van der Waals surface area contributed by atoms with Crippen molar-refractivity contribution in [1.82, 2.24) is 0 Å². The van der Waals surface area contributed by atoms with Crippen LogP contribution in [0.4, 0.5) is 0 Å². The Morgan fingerprint density at radius 3 is 2.10 bits per heavy atom. The zero-order valence-electron chi connectivity index (χ0n) is 4.75. The van der Waals surface area contributed by atoms with Crippen LogP contribution in [0.5, 0.6) is 0 Å². The van der Waals surface area contributed by atoms with Crippen molar-refractivity contribution in [3.8, 4) is 0 Å². The second-order valence-electron chi connectivity index (χ2n) is 1.32. The molecule has 0 aromatic heterocycles. The number of carboxylic acids is 1. The maximum absolute atomic E-state index is 9.95. The highest BCUT2D eigenvalue weighted by Gasteiger charge is 2.06. The summed E-state index contributed by atoms with van der Waals surface area (Å²) in [7, 11) is 0. The Hall–Kier alpha value is 0.0400. The summed E-state index contributed by atoms with van der Waals surface area (Å²) in [6.07, 6.45) is 1.03. The summed E-state index contributed by atoms with van der Waals surface area (Å²) in [5, 5.41) is 8.14. The Labute approximate surface area is 74.2 Å². The van der Waals surface area contributed by atoms with Crippen LogP contribution < -0.4 is 5.73 Å². The molecule has 0 saturated heterocycles. The molecule has 1 atom stereocenters. The first-order chi connectivity index (χ1) is 4.04. The molecule has 0 rings (SSSR count). The van der Waals surface area contributed by atoms with Gasteiger partial charge >= 0.3 is 5.97 Å². The molecule has 0 aliphatic rings. The first kappa shape index (κ1) is 12.7. The molecule has 0 aromatic carbocycles. The summed E-state index contributed by atoms with van der Waals surface area (Å²) in [6, 6.07) is -1.12. The number of aliphatic carboxylic acids is 1. The van der Waals surface area contributed by atoms with E-state index < -0.39 is 12.0 Å². The zero-order valence-corrected chi connectivity index (χ0v) is 7.08. The predicted molar refractivity (Wildman–Crippen MR) is 42.6 cm³/mol. The molecule has 3 N–H and O–H groups in total. The molecule has 0 radical (unpaired) electrons. The van der Waals surface area contributed by atoms with E-state index in [4.69, 9.17) is 34.0 Å². The average molecular weight is 206 g/mol. The van der Waals surface area contributed by atoms with Gasteiger partial charge < -0.3 is 10.8 Å². The second-order valence-corrected chi connectivity index (χ2v) is 2.33. The predicted octanol–water partition coefficient (Wildman–Crippen LogP) is 1.14. The van der Waals surface area contributed by atoms with Crippen LogP contribution in [0.3, 0.4) is 0 Å². The number of rotatable bonds is 2. The van der Waals surface area contributed by atoms with Crippen molar-refractivity contribution in [3.05, 3.63) is 10.6 Å². The molecular formula is C4H6Cl3NO2. The average Bonchev–Trinajstić information content (AvgIpc) is 1.63. The Bertz CT molecular complexity index is 143. The van der Waals surface area contributed by atoms with E-state index in [1.807, 2.05) is 0 Å². The lowest BCUT2D eigenvalue weighted by Gasteiger charge is -1.95. The van der Waals surface area contributed by atoms with Crippen LogP contribution in [0.25, 0.3) is 0 Å². The molecule has 0 aliphatic heterocycles. The molecule has 60 valence electrons. The van der Waals surface area contributed by atoms with Crippen molar-refractivity contribution in [2.24, 2.45) is 5.73 Å². The highest BCUT2D eigenvalue weighted by atomic mass is 35.5. The third-order valence-electron chi connectivity index (χ3n) is 0.591. The van der Waals surface area contributed by atoms with Gasteiger partial charge in [-0.1, -0.05) is 23.2 Å². The highest BCUT2D eigenvalue weighted by Crippen LogP contribution is 2.06. The fourth-order valence-corrected chi connectivity index (χ4v) is 0.478. The van der Waals surface area contributed by atoms with Gasteiger partial charge in [-0.05, 0) is 6.08 Å². The van der Waals surface area contributed by atoms with Gasteiger partial charge in [-0.15, -0.1) is 12.4 Å². The van der Waals surface area contributed by atoms with E-state index in [9.17, 15) is 4.79 Å². The molecule has 10 heavy (non-hydrogen) atoms. The fraction of sp³-hybridized carbons (Fsp3) is 0.250. The van der Waals surface area contributed by atoms with Gasteiger partial charge in [0.25, 0.3) is 0 Å². The number of hydrogen-bond acceptors (Lipinski definition) is 2. The summed E-state index contributed by atoms with van der Waals surface area (Å²) < 4.78 is -0.134. The number of carboxylic acid groups (broad SMARTS) is 1. The smallest absolute Gasteiger partial charge is 0.324 e. The van der Waals surface area contributed by atoms with E-state index in [2.05, 4.69) is 0 Å². The summed E-state index contributed by atoms with van der Waals surface area (Å²) in [6.45, 7) is 0. The molecule has 0 amide bonds. The van der Waals surface area contributed by atoms with Crippen LogP contribution in [-0.2, 0) is 4.79 Å². The van der Waals surface area contributed by atoms with Gasteiger partial charge in [-0.2, -0.15) is 0 Å². The monoisotopic (exact) mass is 205 g/mol. The third-order valence-corrected chi connectivity index (χ3v) is 0.843. The van der Waals surface area contributed by atoms with Crippen LogP contribution in [0.2, 0.25) is 0 Å². The van der Waals surface area contributed by atoms with Gasteiger partial charge in [-0.25, -0.2) is 0 Å². The van der Waals surface area contributed by atoms with Crippen LogP contribution in [-0.4, -0.2) is 17.1 Å². The van der Waals surface area contributed by atoms with E-state index in [1.165, 1.54) is 0 Å². The van der Waals surface area contributed by atoms with Crippen LogP contribution in [0.1, 0.15) is 0 Å². The van der Waals surface area contributed by atoms with Gasteiger partial charge in [0.15, 0.2) is 0 Å². The molecule has 0 saturated carbocycles. The minimum atomic E-state index is -1.16. The molecule has 0 fully saturated rings. The van der Waals surface area contributed by atoms with E-state index in [0.717, 1.165) is 6.08 Å². The number of halogens is 3. The maximum Gasteiger partial charge on any atom is 0.324 e. The molecular weight excluding hydrogens is 200 g/mol. The second kappa shape index (κ2) is 5.80. The lowest BCUT2D eigenvalue weighted by Crippen LogP contribution is -2.27. The Morgan fingerprint density at radius 2 is 2.00 bits per heavy atom. The summed E-state index contributed by atoms with van der Waals surface area (Å²) in [5.41, 5.74) is 4.97. The quantitative estimate of drug-likeness (QED) is 0.712. The summed E-state index contributed by atoms with van der Waals surface area (Å²) in [5.74, 6) is -1.16. The Kier molecular flexibility index (Phi) is 7.36. The van der Waals surface area contributed by atoms with Crippen molar-refractivity contribution >= 4 is 41.6 Å². The zero-order chi connectivity index (χ0) is 7.44. The van der Waals surface area contributed by atoms with Crippen molar-refractivity contribution in [2.75, 3.05) is 0 Å². The van der Waals surface area contributed by atoms with Crippen molar-refractivity contribution in [2.45, 2.75) is 6.04 Å². The maximum atomic E-state index is 9.95. The standard InChI is InChI=1S/C4H5Cl2NO2.ClH/c5-3(6)1-2(7)4(8)9;/h1-2H,7H2,(H,8,9);1H. The lowest BCUT2D eigenvalue weighted by molar-refractivity contribution is -0.137. The molecule has 3 nitrogen and oxygen atoms in total. The van der Waals surface area contributed by atoms with Crippen molar-refractivity contribution in [3.63, 3.8) is 0 Å². The fourth-order valence-electron chi connectivity index (χ4n) is 0.207. The number of carbonyl (C=O) groups is 1. The van der Waals surface area contributed by atoms with Gasteiger partial charge in [-0.3, -0.25) is 4.79 Å². The normalized spacial score (nSPS) is 11.1. The SMILES string of the molecule is Cl.NC(C=C(Cl)Cl)C(=O)O. The van der Waals surface area contributed by atoms with Gasteiger partial charge in [0, 0.05) is 0 Å². The topological polar surface area (TPSA) is 63.3 Å². The van der Waals surface area contributed by atoms with E-state index in [1.54, 1.807) is 0 Å². The largest absolute Gasteiger partial charge is 0.480 e. The van der Waals surface area contributed by atoms with E-state index >= 15 is 0 Å². The highest BCUT2D eigenvalue weighted by molar-refractivity contribution is 6.56.